The van der Waals surface area contributed by atoms with Gasteiger partial charge in [0.25, 0.3) is 5.56 Å². The van der Waals surface area contributed by atoms with Crippen molar-refractivity contribution < 1.29 is 19.1 Å². The highest BCUT2D eigenvalue weighted by atomic mass is 32.2. The zero-order chi connectivity index (χ0) is 25.1. The normalized spacial score (nSPS) is 17.3. The van der Waals surface area contributed by atoms with E-state index in [-0.39, 0.29) is 22.8 Å². The number of amidine groups is 1. The summed E-state index contributed by atoms with van der Waals surface area (Å²) < 4.78 is 13.8. The van der Waals surface area contributed by atoms with Gasteiger partial charge in [-0.05, 0) is 24.6 Å². The maximum Gasteiger partial charge on any atom is 0.328 e. The Bertz CT molecular complexity index is 1430. The molecule has 3 aromatic rings. The maximum atomic E-state index is 13.8. The minimum absolute atomic E-state index is 0.00185. The third-order valence-corrected chi connectivity index (χ3v) is 6.26. The number of carbonyl (C=O) groups is 2. The number of aryl methyl sites for hydroxylation is 1. The molecule has 0 spiro atoms. The molecule has 0 bridgehead atoms. The van der Waals surface area contributed by atoms with Gasteiger partial charge >= 0.3 is 5.69 Å². The van der Waals surface area contributed by atoms with Crippen LogP contribution in [0.4, 0.5) is 10.1 Å². The van der Waals surface area contributed by atoms with E-state index in [4.69, 9.17) is 0 Å². The number of nitrogens with one attached hydrogen (secondary N) is 4. The summed E-state index contributed by atoms with van der Waals surface area (Å²) in [5.41, 5.74) is -0.457. The molecule has 0 unspecified atom stereocenters. The molecule has 0 aliphatic carbocycles. The van der Waals surface area contributed by atoms with Crippen molar-refractivity contribution in [3.8, 4) is 5.88 Å². The van der Waals surface area contributed by atoms with Crippen LogP contribution in [0.5, 0.6) is 5.88 Å². The van der Waals surface area contributed by atoms with Crippen molar-refractivity contribution in [2.24, 2.45) is 4.99 Å². The highest BCUT2D eigenvalue weighted by Crippen LogP contribution is 2.32. The fourth-order valence-corrected chi connectivity index (χ4v) is 4.44. The first-order chi connectivity index (χ1) is 16.7. The lowest BCUT2D eigenvalue weighted by Gasteiger charge is -2.14. The number of rotatable bonds is 6. The molecule has 0 radical (unpaired) electrons. The molecular weight excluding hydrogens is 477 g/mol. The smallest absolute Gasteiger partial charge is 0.328 e. The van der Waals surface area contributed by atoms with E-state index in [2.05, 4.69) is 25.6 Å². The Labute approximate surface area is 201 Å². The van der Waals surface area contributed by atoms with Crippen LogP contribution in [0.2, 0.25) is 0 Å². The Morgan fingerprint density at radius 2 is 1.86 bits per heavy atom. The first-order valence-electron chi connectivity index (χ1n) is 10.4. The van der Waals surface area contributed by atoms with Crippen molar-refractivity contribution in [1.82, 2.24) is 15.3 Å². The number of hydrogen-bond acceptors (Lipinski definition) is 7. The number of halogens is 1. The summed E-state index contributed by atoms with van der Waals surface area (Å²) in [5, 5.41) is 14.6. The monoisotopic (exact) mass is 497 g/mol. The van der Waals surface area contributed by atoms with Crippen LogP contribution < -0.4 is 21.9 Å². The van der Waals surface area contributed by atoms with E-state index in [0.29, 0.717) is 5.56 Å². The van der Waals surface area contributed by atoms with Crippen LogP contribution in [0.3, 0.4) is 0 Å². The highest BCUT2D eigenvalue weighted by molar-refractivity contribution is 8.15. The number of thioether (sulfide) groups is 1. The van der Waals surface area contributed by atoms with Gasteiger partial charge in [0.2, 0.25) is 17.7 Å². The summed E-state index contributed by atoms with van der Waals surface area (Å²) in [6.07, 6.45) is -0.246. The Morgan fingerprint density at radius 1 is 1.14 bits per heavy atom. The number of benzene rings is 2. The minimum Gasteiger partial charge on any atom is -0.494 e. The fraction of sp³-hybridized carbons (Fsp3) is 0.174. The lowest BCUT2D eigenvalue weighted by Crippen LogP contribution is -2.29. The fourth-order valence-electron chi connectivity index (χ4n) is 3.44. The molecule has 2 heterocycles. The summed E-state index contributed by atoms with van der Waals surface area (Å²) in [4.78, 5) is 57.5. The van der Waals surface area contributed by atoms with Crippen molar-refractivity contribution in [3.05, 3.63) is 91.9 Å². The van der Waals surface area contributed by atoms with Gasteiger partial charge in [0, 0.05) is 6.42 Å². The number of aliphatic imine (C=N–C) groups is 1. The largest absolute Gasteiger partial charge is 0.494 e. The number of H-pyrrole nitrogens is 2. The summed E-state index contributed by atoms with van der Waals surface area (Å²) in [6.45, 7) is 1.87. The van der Waals surface area contributed by atoms with Gasteiger partial charge in [-0.15, -0.1) is 0 Å². The number of carbonyl (C=O) groups excluding carboxylic acids is 2. The molecule has 2 atom stereocenters. The Kier molecular flexibility index (Phi) is 6.82. The van der Waals surface area contributed by atoms with Crippen LogP contribution >= 0.6 is 11.8 Å². The highest BCUT2D eigenvalue weighted by Gasteiger charge is 2.34. The third-order valence-electron chi connectivity index (χ3n) is 5.17. The molecule has 5 N–H and O–H groups in total. The van der Waals surface area contributed by atoms with E-state index >= 15 is 0 Å². The molecule has 2 amide bonds. The molecule has 1 fully saturated rings. The van der Waals surface area contributed by atoms with Crippen molar-refractivity contribution in [3.63, 3.8) is 0 Å². The van der Waals surface area contributed by atoms with E-state index in [1.807, 2.05) is 6.92 Å². The zero-order valence-corrected chi connectivity index (χ0v) is 19.1. The molecule has 35 heavy (non-hydrogen) atoms. The molecule has 1 aliphatic heterocycles. The summed E-state index contributed by atoms with van der Waals surface area (Å²) in [5.74, 6) is -2.30. The van der Waals surface area contributed by atoms with Crippen LogP contribution in [0, 0.1) is 12.7 Å². The number of nitrogens with zero attached hydrogens (tertiary/aromatic N) is 1. The lowest BCUT2D eigenvalue weighted by molar-refractivity contribution is -0.122. The third kappa shape index (κ3) is 5.49. The van der Waals surface area contributed by atoms with Gasteiger partial charge in [-0.25, -0.2) is 14.2 Å². The Morgan fingerprint density at radius 3 is 2.54 bits per heavy atom. The first kappa shape index (κ1) is 24.0. The topological polar surface area (TPSA) is 157 Å². The molecule has 12 heteroatoms. The number of para-hydroxylation sites is 1. The van der Waals surface area contributed by atoms with Crippen molar-refractivity contribution in [2.75, 3.05) is 5.32 Å². The Hall–Kier alpha value is -4.19. The number of aromatic hydroxyl groups is 1. The first-order valence-corrected chi connectivity index (χ1v) is 11.3. The van der Waals surface area contributed by atoms with E-state index in [9.17, 15) is 28.7 Å². The molecule has 180 valence electrons. The van der Waals surface area contributed by atoms with Gasteiger partial charge < -0.3 is 15.7 Å². The quantitative estimate of drug-likeness (QED) is 0.350. The molecular formula is C23H20FN5O5S. The minimum atomic E-state index is -1.06. The van der Waals surface area contributed by atoms with Gasteiger partial charge in [-0.3, -0.25) is 24.4 Å². The number of hydrogen-bond donors (Lipinski definition) is 5. The molecule has 0 saturated carbocycles. The van der Waals surface area contributed by atoms with E-state index in [1.54, 1.807) is 30.3 Å². The number of aromatic nitrogens is 2. The molecule has 1 aromatic heterocycles. The molecule has 10 nitrogen and oxygen atoms in total. The van der Waals surface area contributed by atoms with Crippen LogP contribution in [0.25, 0.3) is 0 Å². The number of aromatic amines is 2. The second kappa shape index (κ2) is 9.97. The van der Waals surface area contributed by atoms with Gasteiger partial charge in [0.15, 0.2) is 5.17 Å². The van der Waals surface area contributed by atoms with Crippen LogP contribution in [0.15, 0.2) is 63.1 Å². The number of amides is 2. The van der Waals surface area contributed by atoms with Crippen molar-refractivity contribution >= 4 is 34.4 Å². The molecule has 4 rings (SSSR count). The Balaban J connectivity index is 1.60. The maximum absolute atomic E-state index is 13.8. The van der Waals surface area contributed by atoms with Crippen molar-refractivity contribution in [2.45, 2.75) is 24.6 Å². The van der Waals surface area contributed by atoms with Gasteiger partial charge in [0.1, 0.15) is 22.7 Å². The zero-order valence-electron chi connectivity index (χ0n) is 18.3. The summed E-state index contributed by atoms with van der Waals surface area (Å²) in [6, 6.07) is 11.6. The predicted octanol–water partition coefficient (Wildman–Crippen LogP) is 1.92. The average molecular weight is 498 g/mol. The van der Waals surface area contributed by atoms with E-state index < -0.39 is 46.1 Å². The molecule has 2 aromatic carbocycles. The lowest BCUT2D eigenvalue weighted by atomic mass is 10.00. The van der Waals surface area contributed by atoms with Gasteiger partial charge in [-0.1, -0.05) is 53.7 Å². The second-order valence-electron chi connectivity index (χ2n) is 7.75. The average Bonchev–Trinajstić information content (AvgIpc) is 3.13. The van der Waals surface area contributed by atoms with Crippen molar-refractivity contribution in [1.29, 1.82) is 0 Å². The van der Waals surface area contributed by atoms with Crippen LogP contribution in [-0.4, -0.2) is 37.3 Å². The summed E-state index contributed by atoms with van der Waals surface area (Å²) >= 11 is 0.966. The molecule has 1 aliphatic rings. The SMILES string of the molecule is Cc1ccc([C@H](N=C2NC(=O)[C@H](CC(=O)Nc3ccccc3F)S2)c2c(O)[nH]c(=O)[nH]c2=O)cc1. The predicted molar refractivity (Wildman–Crippen MR) is 129 cm³/mol. The van der Waals surface area contributed by atoms with E-state index in [0.717, 1.165) is 17.3 Å². The standard InChI is InChI=1S/C23H20FN5O5S/c1-11-6-8-12(9-7-11)18(17-20(32)27-22(34)28-21(17)33)26-23-29-19(31)15(35-23)10-16(30)25-14-5-3-2-4-13(14)24/h2-9,15,18H,10H2,1H3,(H,25,30)(H,26,29,31)(H3,27,28,32,33,34)/t15-,18-/m0/s1. The molecule has 1 saturated heterocycles. The second-order valence-corrected chi connectivity index (χ2v) is 8.94. The van der Waals surface area contributed by atoms with Gasteiger partial charge in [-0.2, -0.15) is 0 Å². The van der Waals surface area contributed by atoms with Gasteiger partial charge in [0.05, 0.1) is 5.69 Å². The van der Waals surface area contributed by atoms with Crippen LogP contribution in [0.1, 0.15) is 29.2 Å². The van der Waals surface area contributed by atoms with E-state index in [1.165, 1.54) is 18.2 Å². The number of anilines is 1. The van der Waals surface area contributed by atoms with Crippen LogP contribution in [-0.2, 0) is 9.59 Å². The summed E-state index contributed by atoms with van der Waals surface area (Å²) in [7, 11) is 0.